The molecule has 0 aliphatic heterocycles. The van der Waals surface area contributed by atoms with Crippen LogP contribution in [0, 0.1) is 0 Å². The molecule has 0 atom stereocenters. The number of rotatable bonds is 1. The van der Waals surface area contributed by atoms with E-state index in [2.05, 4.69) is 4.10 Å². The third-order valence-electron chi connectivity index (χ3n) is 0.211. The molecule has 1 N–H and O–H groups in total. The minimum Gasteiger partial charge on any atom is -0.322 e. The lowest BCUT2D eigenvalue weighted by Gasteiger charge is -1.83. The molecule has 36 valence electrons. The summed E-state index contributed by atoms with van der Waals surface area (Å²) < 4.78 is 29.7. The molecule has 0 heterocycles. The minimum atomic E-state index is -4.16. The van der Waals surface area contributed by atoms with Crippen LogP contribution in [0.2, 0.25) is 0 Å². The standard InChI is InChI=1S/BH3O4S/c1-5-6(2,3)4/h1H2,(H,2,3,4). The first-order chi connectivity index (χ1) is 2.56. The Balaban J connectivity index is 3.85. The molecule has 0 aliphatic carbocycles. The summed E-state index contributed by atoms with van der Waals surface area (Å²) in [6, 6.07) is 0. The molecule has 6 heavy (non-hydrogen) atoms. The van der Waals surface area contributed by atoms with E-state index in [-0.39, 0.29) is 0 Å². The first-order valence-corrected chi connectivity index (χ1v) is 2.46. The summed E-state index contributed by atoms with van der Waals surface area (Å²) in [5, 5.41) is 0. The third kappa shape index (κ3) is 3.93. The molecule has 4 nitrogen and oxygen atoms in total. The molecule has 0 unspecified atom stereocenters. The Hall–Kier alpha value is -0.0651. The fourth-order valence-corrected chi connectivity index (χ4v) is 0. The second-order valence-electron chi connectivity index (χ2n) is 0.594. The van der Waals surface area contributed by atoms with Crippen LogP contribution >= 0.6 is 0 Å². The predicted octanol–water partition coefficient (Wildman–Crippen LogP) is -1.65. The van der Waals surface area contributed by atoms with E-state index in [0.717, 1.165) is 8.05 Å². The van der Waals surface area contributed by atoms with Gasteiger partial charge in [-0.3, -0.25) is 4.55 Å². The lowest BCUT2D eigenvalue weighted by atomic mass is 10.6. The summed E-state index contributed by atoms with van der Waals surface area (Å²) in [4.78, 5) is 0. The number of hydrogen-bond donors (Lipinski definition) is 1. The lowest BCUT2D eigenvalue weighted by molar-refractivity contribution is 0.400. The molecular weight excluding hydrogens is 107 g/mol. The van der Waals surface area contributed by atoms with Crippen molar-refractivity contribution in [3.8, 4) is 0 Å². The highest BCUT2D eigenvalue weighted by Crippen LogP contribution is 1.73. The van der Waals surface area contributed by atoms with E-state index in [4.69, 9.17) is 4.55 Å². The van der Waals surface area contributed by atoms with Crippen LogP contribution in [0.5, 0.6) is 0 Å². The van der Waals surface area contributed by atoms with E-state index in [9.17, 15) is 8.42 Å². The van der Waals surface area contributed by atoms with Crippen LogP contribution in [0.4, 0.5) is 0 Å². The maximum atomic E-state index is 9.33. The van der Waals surface area contributed by atoms with Crippen molar-refractivity contribution < 1.29 is 17.1 Å². The van der Waals surface area contributed by atoms with Gasteiger partial charge in [-0.15, -0.1) is 0 Å². The van der Waals surface area contributed by atoms with E-state index in [1.54, 1.807) is 0 Å². The first-order valence-electron chi connectivity index (χ1n) is 1.09. The topological polar surface area (TPSA) is 63.6 Å². The van der Waals surface area contributed by atoms with E-state index in [1.807, 2.05) is 0 Å². The molecule has 0 fully saturated rings. The highest BCUT2D eigenvalue weighted by molar-refractivity contribution is 7.81. The first kappa shape index (κ1) is 5.93. The van der Waals surface area contributed by atoms with E-state index in [1.165, 1.54) is 0 Å². The minimum absolute atomic E-state index is 0.870. The Morgan fingerprint density at radius 1 is 1.67 bits per heavy atom. The van der Waals surface area contributed by atoms with Crippen LogP contribution in [0.1, 0.15) is 0 Å². The molecule has 0 radical (unpaired) electrons. The highest BCUT2D eigenvalue weighted by Gasteiger charge is 1.93. The van der Waals surface area contributed by atoms with E-state index < -0.39 is 10.4 Å². The molecule has 0 bridgehead atoms. The van der Waals surface area contributed by atoms with Crippen LogP contribution in [0.25, 0.3) is 0 Å². The van der Waals surface area contributed by atoms with Crippen molar-refractivity contribution >= 4 is 18.4 Å². The molecule has 0 saturated heterocycles. The second kappa shape index (κ2) is 1.59. The van der Waals surface area contributed by atoms with Gasteiger partial charge in [-0.1, -0.05) is 0 Å². The molecule has 0 aromatic heterocycles. The molecule has 0 amide bonds. The van der Waals surface area contributed by atoms with Gasteiger partial charge in [0.25, 0.3) is 8.05 Å². The summed E-state index contributed by atoms with van der Waals surface area (Å²) in [5.41, 5.74) is 0. The zero-order valence-corrected chi connectivity index (χ0v) is 3.90. The van der Waals surface area contributed by atoms with Gasteiger partial charge in [0, 0.05) is 0 Å². The number of hydrogen-bond acceptors (Lipinski definition) is 3. The van der Waals surface area contributed by atoms with Gasteiger partial charge in [0.1, 0.15) is 0 Å². The third-order valence-corrected chi connectivity index (χ3v) is 0.632. The fourth-order valence-electron chi connectivity index (χ4n) is 0. The molecular formula is H3BO4S. The Morgan fingerprint density at radius 3 is 1.83 bits per heavy atom. The van der Waals surface area contributed by atoms with Gasteiger partial charge in [-0.2, -0.15) is 8.42 Å². The molecule has 0 spiro atoms. The Bertz CT molecular complexity index is 110. The van der Waals surface area contributed by atoms with Crippen molar-refractivity contribution in [2.45, 2.75) is 0 Å². The average molecular weight is 110 g/mol. The van der Waals surface area contributed by atoms with Crippen molar-refractivity contribution in [1.82, 2.24) is 0 Å². The van der Waals surface area contributed by atoms with Gasteiger partial charge < -0.3 is 4.10 Å². The van der Waals surface area contributed by atoms with Gasteiger partial charge >= 0.3 is 10.4 Å². The van der Waals surface area contributed by atoms with Crippen molar-refractivity contribution in [1.29, 1.82) is 0 Å². The molecule has 0 aliphatic rings. The fraction of sp³-hybridized carbons (Fsp3) is 0. The molecule has 0 rings (SSSR count). The summed E-state index contributed by atoms with van der Waals surface area (Å²) in [6.45, 7) is 0. The SMILES string of the molecule is BOS(=O)(=O)O. The maximum absolute atomic E-state index is 9.33. The molecule has 0 aromatic carbocycles. The monoisotopic (exact) mass is 110 g/mol. The van der Waals surface area contributed by atoms with Crippen molar-refractivity contribution in [2.24, 2.45) is 0 Å². The van der Waals surface area contributed by atoms with Gasteiger partial charge in [-0.05, 0) is 0 Å². The lowest BCUT2D eigenvalue weighted by Crippen LogP contribution is -1.98. The van der Waals surface area contributed by atoms with Crippen LogP contribution < -0.4 is 0 Å². The summed E-state index contributed by atoms with van der Waals surface area (Å²) >= 11 is 0. The van der Waals surface area contributed by atoms with Crippen LogP contribution in [0.3, 0.4) is 0 Å². The predicted molar refractivity (Wildman–Crippen MR) is 21.2 cm³/mol. The Labute approximate surface area is 36.5 Å². The van der Waals surface area contributed by atoms with Crippen molar-refractivity contribution in [2.75, 3.05) is 0 Å². The quantitative estimate of drug-likeness (QED) is 0.324. The summed E-state index contributed by atoms with van der Waals surface area (Å²) in [5.74, 6) is 0. The van der Waals surface area contributed by atoms with E-state index >= 15 is 0 Å². The Morgan fingerprint density at radius 2 is 1.83 bits per heavy atom. The van der Waals surface area contributed by atoms with Crippen LogP contribution in [-0.2, 0) is 14.5 Å². The van der Waals surface area contributed by atoms with Gasteiger partial charge in [0.2, 0.25) is 0 Å². The summed E-state index contributed by atoms with van der Waals surface area (Å²) in [6.07, 6.45) is 0. The van der Waals surface area contributed by atoms with Crippen molar-refractivity contribution in [3.63, 3.8) is 0 Å². The van der Waals surface area contributed by atoms with Gasteiger partial charge in [0.15, 0.2) is 0 Å². The zero-order chi connectivity index (χ0) is 5.21. The molecule has 0 saturated carbocycles. The zero-order valence-electron chi connectivity index (χ0n) is 3.08. The molecule has 0 aromatic rings. The normalized spacial score (nSPS) is 11.5. The highest BCUT2D eigenvalue weighted by atomic mass is 32.3. The maximum Gasteiger partial charge on any atom is 0.382 e. The van der Waals surface area contributed by atoms with Crippen molar-refractivity contribution in [3.05, 3.63) is 0 Å². The van der Waals surface area contributed by atoms with Gasteiger partial charge in [-0.25, -0.2) is 0 Å². The second-order valence-corrected chi connectivity index (χ2v) is 1.78. The Kier molecular flexibility index (Phi) is 1.57. The summed E-state index contributed by atoms with van der Waals surface area (Å²) in [7, 11) is -3.29. The smallest absolute Gasteiger partial charge is 0.322 e. The van der Waals surface area contributed by atoms with Crippen LogP contribution in [0.15, 0.2) is 0 Å². The van der Waals surface area contributed by atoms with E-state index in [0.29, 0.717) is 0 Å². The van der Waals surface area contributed by atoms with Crippen LogP contribution in [-0.4, -0.2) is 21.0 Å². The van der Waals surface area contributed by atoms with Gasteiger partial charge in [0.05, 0.1) is 0 Å². The average Bonchev–Trinajstić information content (AvgIpc) is 1.35. The molecule has 6 heteroatoms. The largest absolute Gasteiger partial charge is 0.382 e.